The summed E-state index contributed by atoms with van der Waals surface area (Å²) in [7, 11) is 0. The SMILES string of the molecule is CC1(C)C2=CC(C=CC(c3cccc4c3oc3ccccc34)=C2)c2ccc(I(c3ccc(C4=CC=C(c5ccccc5)CC4)cc3)c3ccc(-c4ccc(-c5ccccc5)cc4)cc3)cc21. The van der Waals surface area contributed by atoms with E-state index in [1.54, 1.807) is 0 Å². The van der Waals surface area contributed by atoms with Gasteiger partial charge in [0, 0.05) is 0 Å². The van der Waals surface area contributed by atoms with E-state index in [-0.39, 0.29) is 11.3 Å². The molecule has 8 aromatic carbocycles. The Balaban J connectivity index is 0.908. The summed E-state index contributed by atoms with van der Waals surface area (Å²) < 4.78 is 10.9. The van der Waals surface area contributed by atoms with Crippen molar-refractivity contribution in [1.29, 1.82) is 0 Å². The van der Waals surface area contributed by atoms with E-state index in [2.05, 4.69) is 244 Å². The minimum atomic E-state index is -2.19. The summed E-state index contributed by atoms with van der Waals surface area (Å²) in [6.07, 6.45) is 16.4. The fraction of sp³-hybridized carbons (Fsp3) is 0.0938. The van der Waals surface area contributed by atoms with Crippen molar-refractivity contribution in [2.24, 2.45) is 0 Å². The minimum absolute atomic E-state index is 0.190. The zero-order valence-corrected chi connectivity index (χ0v) is 39.4. The maximum absolute atomic E-state index is 6.55. The van der Waals surface area contributed by atoms with Crippen molar-refractivity contribution in [3.63, 3.8) is 0 Å². The molecule has 0 saturated carbocycles. The molecule has 66 heavy (non-hydrogen) atoms. The van der Waals surface area contributed by atoms with E-state index in [0.717, 1.165) is 40.3 Å². The van der Waals surface area contributed by atoms with Gasteiger partial charge < -0.3 is 0 Å². The van der Waals surface area contributed by atoms with E-state index in [9.17, 15) is 0 Å². The molecule has 0 aliphatic heterocycles. The number of allylic oxidation sites excluding steroid dienone is 10. The quantitative estimate of drug-likeness (QED) is 0.138. The molecule has 0 fully saturated rings. The molecular formula is C64H49IO. The van der Waals surface area contributed by atoms with Crippen LogP contribution < -0.4 is 0 Å². The molecule has 318 valence electrons. The molecule has 2 heteroatoms. The molecule has 1 unspecified atom stereocenters. The third-order valence-corrected chi connectivity index (χ3v) is 19.8. The molecule has 1 nitrogen and oxygen atoms in total. The van der Waals surface area contributed by atoms with Crippen LogP contribution in [-0.2, 0) is 5.41 Å². The fourth-order valence-corrected chi connectivity index (χ4v) is 15.7. The number of rotatable bonds is 8. The Labute approximate surface area is 395 Å². The molecule has 0 saturated heterocycles. The third kappa shape index (κ3) is 7.34. The van der Waals surface area contributed by atoms with Gasteiger partial charge in [0.2, 0.25) is 0 Å². The van der Waals surface area contributed by atoms with Crippen LogP contribution in [0.25, 0.3) is 60.9 Å². The molecule has 1 atom stereocenters. The number of hydrogen-bond donors (Lipinski definition) is 0. The maximum atomic E-state index is 6.55. The normalized spacial score (nSPS) is 16.5. The standard InChI is InChI=1S/C64H49IO/c1-64(2)53-40-51(28-29-52(41-53)58-17-11-18-60-59-16-9-10-19-62(59)66-63(58)60)57-39-38-56(42-61(57)64)65(54-34-30-49(31-35-54)47-24-20-45(21-25-47)43-12-5-3-6-13-43)55-36-32-50(33-37-55)48-26-22-46(23-27-48)44-14-7-4-8-15-44/h3-22,24-26,28-42,51H,23,27H2,1-2H3. The van der Waals surface area contributed by atoms with Gasteiger partial charge in [0.25, 0.3) is 0 Å². The molecule has 0 spiro atoms. The van der Waals surface area contributed by atoms with E-state index in [1.807, 2.05) is 0 Å². The predicted octanol–water partition coefficient (Wildman–Crippen LogP) is 17.6. The Morgan fingerprint density at radius 1 is 0.500 bits per heavy atom. The third-order valence-electron chi connectivity index (χ3n) is 14.0. The van der Waals surface area contributed by atoms with E-state index < -0.39 is 19.8 Å². The Kier molecular flexibility index (Phi) is 10.3. The molecule has 0 amide bonds. The van der Waals surface area contributed by atoms with E-state index in [0.29, 0.717) is 0 Å². The zero-order valence-electron chi connectivity index (χ0n) is 37.2. The molecule has 9 aromatic rings. The van der Waals surface area contributed by atoms with Gasteiger partial charge >= 0.3 is 386 Å². The van der Waals surface area contributed by atoms with Gasteiger partial charge in [-0.1, -0.05) is 12.1 Å². The number of furan rings is 1. The first-order valence-corrected chi connectivity index (χ1v) is 26.4. The van der Waals surface area contributed by atoms with Gasteiger partial charge in [0.1, 0.15) is 0 Å². The Bertz CT molecular complexity index is 3450. The second-order valence-electron chi connectivity index (χ2n) is 18.2. The van der Waals surface area contributed by atoms with Gasteiger partial charge in [0.05, 0.1) is 0 Å². The van der Waals surface area contributed by atoms with E-state index in [1.165, 1.54) is 77.5 Å². The summed E-state index contributed by atoms with van der Waals surface area (Å²) in [5.74, 6) is 0.190. The van der Waals surface area contributed by atoms with Gasteiger partial charge in [-0.05, 0) is 0 Å². The van der Waals surface area contributed by atoms with Crippen molar-refractivity contribution >= 4 is 58.5 Å². The Morgan fingerprint density at radius 2 is 1.03 bits per heavy atom. The molecule has 12 rings (SSSR count). The van der Waals surface area contributed by atoms with Crippen LogP contribution in [0.5, 0.6) is 0 Å². The molecule has 1 aromatic heterocycles. The topological polar surface area (TPSA) is 13.1 Å². The molecule has 0 N–H and O–H groups in total. The summed E-state index contributed by atoms with van der Waals surface area (Å²) in [5.41, 5.74) is 18.6. The van der Waals surface area contributed by atoms with Crippen LogP contribution in [0.2, 0.25) is 0 Å². The first-order valence-electron chi connectivity index (χ1n) is 23.1. The molecule has 3 aliphatic rings. The van der Waals surface area contributed by atoms with Crippen molar-refractivity contribution in [3.05, 3.63) is 275 Å². The van der Waals surface area contributed by atoms with Crippen molar-refractivity contribution in [2.75, 3.05) is 0 Å². The monoisotopic (exact) mass is 960 g/mol. The molecule has 2 bridgehead atoms. The van der Waals surface area contributed by atoms with Crippen molar-refractivity contribution in [2.45, 2.75) is 38.0 Å². The van der Waals surface area contributed by atoms with Crippen LogP contribution in [0.1, 0.15) is 60.4 Å². The van der Waals surface area contributed by atoms with E-state index >= 15 is 0 Å². The molecule has 0 radical (unpaired) electrons. The molecule has 1 heterocycles. The summed E-state index contributed by atoms with van der Waals surface area (Å²) in [4.78, 5) is 0. The van der Waals surface area contributed by atoms with Crippen LogP contribution in [0.4, 0.5) is 0 Å². The molecular weight excluding hydrogens is 912 g/mol. The van der Waals surface area contributed by atoms with Crippen molar-refractivity contribution < 1.29 is 4.42 Å². The average Bonchev–Trinajstić information content (AvgIpc) is 3.63. The van der Waals surface area contributed by atoms with Crippen LogP contribution in [0, 0.1) is 10.7 Å². The summed E-state index contributed by atoms with van der Waals surface area (Å²) >= 11 is -2.19. The second kappa shape index (κ2) is 16.8. The zero-order chi connectivity index (χ0) is 44.2. The van der Waals surface area contributed by atoms with Gasteiger partial charge in [-0.2, -0.15) is 0 Å². The van der Waals surface area contributed by atoms with Gasteiger partial charge in [0.15, 0.2) is 0 Å². The number of fused-ring (bicyclic) bond motifs is 6. The summed E-state index contributed by atoms with van der Waals surface area (Å²) in [6.45, 7) is 4.83. The summed E-state index contributed by atoms with van der Waals surface area (Å²) in [6, 6.07) is 72.1. The van der Waals surface area contributed by atoms with E-state index in [4.69, 9.17) is 4.42 Å². The number of para-hydroxylation sites is 2. The Morgan fingerprint density at radius 3 is 1.68 bits per heavy atom. The second-order valence-corrected chi connectivity index (χ2v) is 23.6. The van der Waals surface area contributed by atoms with Crippen molar-refractivity contribution in [3.8, 4) is 22.3 Å². The summed E-state index contributed by atoms with van der Waals surface area (Å²) in [5, 5.41) is 2.32. The number of hydrogen-bond acceptors (Lipinski definition) is 1. The number of benzene rings is 8. The van der Waals surface area contributed by atoms with Gasteiger partial charge in [-0.3, -0.25) is 0 Å². The van der Waals surface area contributed by atoms with Gasteiger partial charge in [-0.15, -0.1) is 0 Å². The van der Waals surface area contributed by atoms with Crippen LogP contribution >= 0.6 is 19.8 Å². The Hall–Kier alpha value is -7.01. The number of halogens is 1. The predicted molar refractivity (Wildman–Crippen MR) is 287 cm³/mol. The van der Waals surface area contributed by atoms with Crippen LogP contribution in [0.15, 0.2) is 241 Å². The molecule has 3 aliphatic carbocycles. The van der Waals surface area contributed by atoms with Gasteiger partial charge in [-0.25, -0.2) is 0 Å². The van der Waals surface area contributed by atoms with Crippen LogP contribution in [-0.4, -0.2) is 0 Å². The van der Waals surface area contributed by atoms with Crippen LogP contribution in [0.3, 0.4) is 0 Å². The van der Waals surface area contributed by atoms with Crippen molar-refractivity contribution in [1.82, 2.24) is 0 Å². The fourth-order valence-electron chi connectivity index (χ4n) is 10.3. The first kappa shape index (κ1) is 40.5. The average molecular weight is 961 g/mol. The first-order chi connectivity index (χ1) is 32.4.